The fraction of sp³-hybridized carbons (Fsp3) is 0.421. The quantitative estimate of drug-likeness (QED) is 0.563. The molecule has 1 aromatic rings. The molecule has 1 fully saturated rings. The zero-order chi connectivity index (χ0) is 18.0. The minimum absolute atomic E-state index is 0.0454. The minimum atomic E-state index is -1.18. The van der Waals surface area contributed by atoms with Crippen molar-refractivity contribution in [2.75, 3.05) is 18.6 Å². The molecule has 0 radical (unpaired) electrons. The summed E-state index contributed by atoms with van der Waals surface area (Å²) in [6.07, 6.45) is 4.50. The summed E-state index contributed by atoms with van der Waals surface area (Å²) in [4.78, 5) is 37.8. The van der Waals surface area contributed by atoms with Gasteiger partial charge in [-0.1, -0.05) is 30.4 Å². The molecule has 132 valence electrons. The van der Waals surface area contributed by atoms with Gasteiger partial charge in [-0.25, -0.2) is 0 Å². The highest BCUT2D eigenvalue weighted by Gasteiger charge is 2.50. The maximum absolute atomic E-state index is 13.2. The molecule has 1 saturated carbocycles. The van der Waals surface area contributed by atoms with E-state index in [0.29, 0.717) is 12.1 Å². The molecule has 6 nitrogen and oxygen atoms in total. The summed E-state index contributed by atoms with van der Waals surface area (Å²) >= 11 is 0. The number of carbonyl (C=O) groups is 3. The summed E-state index contributed by atoms with van der Waals surface area (Å²) in [7, 11) is 1.30. The average Bonchev–Trinajstić information content (AvgIpc) is 3.23. The molecule has 0 spiro atoms. The van der Waals surface area contributed by atoms with Gasteiger partial charge in [0.15, 0.2) is 0 Å². The molecule has 1 amide bonds. The molecular formula is C19H20NO5-. The van der Waals surface area contributed by atoms with Crippen LogP contribution in [0.4, 0.5) is 5.69 Å². The van der Waals surface area contributed by atoms with Crippen LogP contribution in [0.5, 0.6) is 0 Å². The first-order valence-corrected chi connectivity index (χ1v) is 8.35. The third-order valence-corrected chi connectivity index (χ3v) is 5.12. The summed E-state index contributed by atoms with van der Waals surface area (Å²) < 4.78 is 4.66. The van der Waals surface area contributed by atoms with E-state index in [4.69, 9.17) is 0 Å². The number of ether oxygens (including phenoxy) is 1. The van der Waals surface area contributed by atoms with E-state index in [2.05, 4.69) is 4.74 Å². The van der Waals surface area contributed by atoms with Gasteiger partial charge in [-0.15, -0.1) is 0 Å². The van der Waals surface area contributed by atoms with Crippen molar-refractivity contribution in [3.8, 4) is 0 Å². The van der Waals surface area contributed by atoms with Gasteiger partial charge in [0.1, 0.15) is 0 Å². The summed E-state index contributed by atoms with van der Waals surface area (Å²) in [5, 5.41) is 11.6. The van der Waals surface area contributed by atoms with Crippen molar-refractivity contribution in [2.45, 2.75) is 12.8 Å². The van der Waals surface area contributed by atoms with Gasteiger partial charge in [-0.2, -0.15) is 0 Å². The van der Waals surface area contributed by atoms with Gasteiger partial charge in [0.05, 0.1) is 19.4 Å². The van der Waals surface area contributed by atoms with Gasteiger partial charge in [0.2, 0.25) is 5.91 Å². The number of esters is 1. The van der Waals surface area contributed by atoms with E-state index in [1.54, 1.807) is 24.3 Å². The number of carboxylic acids is 1. The lowest BCUT2D eigenvalue weighted by Gasteiger charge is -2.33. The van der Waals surface area contributed by atoms with E-state index in [0.717, 1.165) is 0 Å². The number of methoxy groups -OCH3 is 1. The smallest absolute Gasteiger partial charge is 0.307 e. The summed E-state index contributed by atoms with van der Waals surface area (Å²) in [5.74, 6) is -3.59. The Hall–Kier alpha value is -2.63. The van der Waals surface area contributed by atoms with E-state index in [-0.39, 0.29) is 30.7 Å². The van der Waals surface area contributed by atoms with E-state index >= 15 is 0 Å². The van der Waals surface area contributed by atoms with Gasteiger partial charge in [0.25, 0.3) is 0 Å². The first-order valence-electron chi connectivity index (χ1n) is 8.35. The molecule has 0 heterocycles. The van der Waals surface area contributed by atoms with Crippen molar-refractivity contribution in [1.29, 1.82) is 0 Å². The van der Waals surface area contributed by atoms with Crippen molar-refractivity contribution in [3.63, 3.8) is 0 Å². The molecule has 0 unspecified atom stereocenters. The summed E-state index contributed by atoms with van der Waals surface area (Å²) in [6.45, 7) is 0.146. The standard InChI is InChI=1S/C19H21NO5/c1-25-15(21)9-10-20(14-5-3-2-4-6-14)18(22)16-12-7-8-13(11-12)17(16)19(23)24/h2-8,12-13,16-17H,9-11H2,1H3,(H,23,24)/p-1/t12-,13+,16+,17+/m0/s1. The van der Waals surface area contributed by atoms with Crippen molar-refractivity contribution < 1.29 is 24.2 Å². The normalized spacial score (nSPS) is 26.4. The van der Waals surface area contributed by atoms with Gasteiger partial charge in [0, 0.05) is 24.1 Å². The SMILES string of the molecule is COC(=O)CCN(C(=O)[C@H]1[C@H](C(=O)[O-])[C@@H]2C=C[C@H]1C2)c1ccccc1. The number of carbonyl (C=O) groups excluding carboxylic acids is 3. The topological polar surface area (TPSA) is 86.7 Å². The van der Waals surface area contributed by atoms with E-state index in [1.165, 1.54) is 12.0 Å². The average molecular weight is 342 g/mol. The number of nitrogens with zero attached hydrogens (tertiary/aromatic N) is 1. The van der Waals surface area contributed by atoms with Crippen LogP contribution in [0.2, 0.25) is 0 Å². The third-order valence-electron chi connectivity index (χ3n) is 5.12. The van der Waals surface area contributed by atoms with E-state index < -0.39 is 23.8 Å². The molecule has 4 atom stereocenters. The molecule has 3 rings (SSSR count). The Morgan fingerprint density at radius 3 is 2.36 bits per heavy atom. The van der Waals surface area contributed by atoms with E-state index in [1.807, 2.05) is 18.2 Å². The fourth-order valence-corrected chi connectivity index (χ4v) is 3.94. The van der Waals surface area contributed by atoms with Crippen LogP contribution >= 0.6 is 0 Å². The number of allylic oxidation sites excluding steroid dienone is 2. The Labute approximate surface area is 146 Å². The molecule has 6 heteroatoms. The highest BCUT2D eigenvalue weighted by molar-refractivity contribution is 5.98. The lowest BCUT2D eigenvalue weighted by molar-refractivity contribution is -0.313. The minimum Gasteiger partial charge on any atom is -0.550 e. The second-order valence-corrected chi connectivity index (χ2v) is 6.47. The van der Waals surface area contributed by atoms with E-state index in [9.17, 15) is 19.5 Å². The van der Waals surface area contributed by atoms with Crippen LogP contribution in [-0.4, -0.2) is 31.5 Å². The van der Waals surface area contributed by atoms with Crippen molar-refractivity contribution in [1.82, 2.24) is 0 Å². The predicted octanol–water partition coefficient (Wildman–Crippen LogP) is 0.771. The number of carboxylic acid groups (broad SMARTS) is 1. The maximum atomic E-state index is 13.2. The Morgan fingerprint density at radius 1 is 1.12 bits per heavy atom. The lowest BCUT2D eigenvalue weighted by atomic mass is 9.82. The third kappa shape index (κ3) is 3.29. The highest BCUT2D eigenvalue weighted by Crippen LogP contribution is 2.48. The first kappa shape index (κ1) is 17.2. The molecule has 2 aliphatic carbocycles. The number of anilines is 1. The second kappa shape index (κ2) is 7.09. The van der Waals surface area contributed by atoms with Gasteiger partial charge < -0.3 is 19.5 Å². The zero-order valence-electron chi connectivity index (χ0n) is 14.0. The largest absolute Gasteiger partial charge is 0.550 e. The van der Waals surface area contributed by atoms with Crippen LogP contribution in [0.15, 0.2) is 42.5 Å². The first-order chi connectivity index (χ1) is 12.0. The highest BCUT2D eigenvalue weighted by atomic mass is 16.5. The van der Waals surface area contributed by atoms with Gasteiger partial charge in [-0.05, 0) is 30.4 Å². The summed E-state index contributed by atoms with van der Waals surface area (Å²) in [5.41, 5.74) is 0.639. The molecular weight excluding hydrogens is 322 g/mol. The van der Waals surface area contributed by atoms with Gasteiger partial charge in [-0.3, -0.25) is 9.59 Å². The Kier molecular flexibility index (Phi) is 4.88. The number of amides is 1. The number of para-hydroxylation sites is 1. The number of benzene rings is 1. The number of fused-ring (bicyclic) bond motifs is 2. The number of rotatable bonds is 6. The van der Waals surface area contributed by atoms with Crippen LogP contribution in [0, 0.1) is 23.7 Å². The molecule has 0 aromatic heterocycles. The molecule has 0 aliphatic heterocycles. The van der Waals surface area contributed by atoms with Crippen molar-refractivity contribution >= 4 is 23.5 Å². The van der Waals surface area contributed by atoms with Crippen LogP contribution in [0.1, 0.15) is 12.8 Å². The summed E-state index contributed by atoms with van der Waals surface area (Å²) in [6, 6.07) is 8.96. The molecule has 2 aliphatic rings. The van der Waals surface area contributed by atoms with Crippen LogP contribution in [0.25, 0.3) is 0 Å². The molecule has 0 saturated heterocycles. The Morgan fingerprint density at radius 2 is 1.76 bits per heavy atom. The molecule has 25 heavy (non-hydrogen) atoms. The Bertz CT molecular complexity index is 699. The number of hydrogen-bond acceptors (Lipinski definition) is 5. The van der Waals surface area contributed by atoms with Crippen LogP contribution in [0.3, 0.4) is 0 Å². The zero-order valence-corrected chi connectivity index (χ0v) is 14.0. The second-order valence-electron chi connectivity index (χ2n) is 6.47. The Balaban J connectivity index is 1.87. The number of aliphatic carboxylic acids is 1. The molecule has 2 bridgehead atoms. The van der Waals surface area contributed by atoms with Gasteiger partial charge >= 0.3 is 5.97 Å². The number of hydrogen-bond donors (Lipinski definition) is 0. The monoisotopic (exact) mass is 342 g/mol. The van der Waals surface area contributed by atoms with Crippen LogP contribution in [-0.2, 0) is 19.1 Å². The van der Waals surface area contributed by atoms with Crippen molar-refractivity contribution in [2.24, 2.45) is 23.7 Å². The van der Waals surface area contributed by atoms with Crippen LogP contribution < -0.4 is 10.0 Å². The molecule has 0 N–H and O–H groups in total. The maximum Gasteiger partial charge on any atom is 0.307 e. The lowest BCUT2D eigenvalue weighted by Crippen LogP contribution is -2.47. The molecule has 1 aromatic carbocycles. The predicted molar refractivity (Wildman–Crippen MR) is 88.2 cm³/mol. The van der Waals surface area contributed by atoms with Crippen molar-refractivity contribution in [3.05, 3.63) is 42.5 Å². The fourth-order valence-electron chi connectivity index (χ4n) is 3.94.